The lowest BCUT2D eigenvalue weighted by Gasteiger charge is -2.34. The summed E-state index contributed by atoms with van der Waals surface area (Å²) in [5.74, 6) is -0.458. The lowest BCUT2D eigenvalue weighted by atomic mass is 10.0. The van der Waals surface area contributed by atoms with E-state index in [0.717, 1.165) is 25.1 Å². The molecule has 1 aromatic rings. The van der Waals surface area contributed by atoms with Crippen LogP contribution < -0.4 is 10.6 Å². The summed E-state index contributed by atoms with van der Waals surface area (Å²) in [5.41, 5.74) is 7.21. The molecule has 0 aliphatic carbocycles. The van der Waals surface area contributed by atoms with Gasteiger partial charge in [-0.3, -0.25) is 0 Å². The summed E-state index contributed by atoms with van der Waals surface area (Å²) in [5, 5.41) is 0.131. The summed E-state index contributed by atoms with van der Waals surface area (Å²) < 4.78 is 13.2. The van der Waals surface area contributed by atoms with Crippen LogP contribution in [0.3, 0.4) is 0 Å². The molecule has 1 heterocycles. The summed E-state index contributed by atoms with van der Waals surface area (Å²) in [6, 6.07) is 2.92. The van der Waals surface area contributed by atoms with Crippen molar-refractivity contribution in [3.63, 3.8) is 0 Å². The maximum Gasteiger partial charge on any atom is 0.143 e. The Kier molecular flexibility index (Phi) is 2.74. The highest BCUT2D eigenvalue weighted by Gasteiger charge is 2.33. The molecule has 0 bridgehead atoms. The van der Waals surface area contributed by atoms with Gasteiger partial charge in [-0.15, -0.1) is 0 Å². The van der Waals surface area contributed by atoms with E-state index in [-0.39, 0.29) is 10.6 Å². The molecule has 0 unspecified atom stereocenters. The zero-order valence-electron chi connectivity index (χ0n) is 9.56. The molecule has 4 heteroatoms. The first-order valence-electron chi connectivity index (χ1n) is 5.44. The number of nitrogens with two attached hydrogens (primary N) is 1. The van der Waals surface area contributed by atoms with Crippen molar-refractivity contribution in [3.05, 3.63) is 23.0 Å². The minimum Gasteiger partial charge on any atom is -0.397 e. The normalized spacial score (nSPS) is 19.1. The van der Waals surface area contributed by atoms with Gasteiger partial charge < -0.3 is 10.6 Å². The minimum atomic E-state index is -0.458. The van der Waals surface area contributed by atoms with E-state index in [1.807, 2.05) is 0 Å². The van der Waals surface area contributed by atoms with Crippen LogP contribution in [0.25, 0.3) is 0 Å². The molecule has 0 aromatic heterocycles. The van der Waals surface area contributed by atoms with Crippen LogP contribution in [-0.4, -0.2) is 12.1 Å². The third kappa shape index (κ3) is 1.84. The number of benzene rings is 1. The van der Waals surface area contributed by atoms with E-state index in [1.54, 1.807) is 6.07 Å². The standard InChI is InChI=1S/C12H16ClFN2/c1-12(2)4-3-5-16(12)11-6-8(13)9(14)7-10(11)15/h6-7H,3-5,15H2,1-2H3. The number of rotatable bonds is 1. The molecule has 1 fully saturated rings. The van der Waals surface area contributed by atoms with Crippen molar-refractivity contribution in [1.29, 1.82) is 0 Å². The second-order valence-corrected chi connectivity index (χ2v) is 5.30. The Hall–Kier alpha value is -0.960. The molecule has 2 nitrogen and oxygen atoms in total. The Morgan fingerprint density at radius 3 is 2.69 bits per heavy atom. The van der Waals surface area contributed by atoms with Crippen molar-refractivity contribution < 1.29 is 4.39 Å². The molecule has 1 aliphatic heterocycles. The Morgan fingerprint density at radius 1 is 1.44 bits per heavy atom. The minimum absolute atomic E-state index is 0.0648. The predicted octanol–water partition coefficient (Wildman–Crippen LogP) is 3.44. The summed E-state index contributed by atoms with van der Waals surface area (Å²) >= 11 is 5.80. The van der Waals surface area contributed by atoms with Crippen LogP contribution in [0.15, 0.2) is 12.1 Å². The lowest BCUT2D eigenvalue weighted by Crippen LogP contribution is -2.38. The van der Waals surface area contributed by atoms with Crippen LogP contribution in [0, 0.1) is 5.82 Å². The van der Waals surface area contributed by atoms with Gasteiger partial charge in [0.15, 0.2) is 0 Å². The van der Waals surface area contributed by atoms with Crippen LogP contribution in [0.2, 0.25) is 5.02 Å². The van der Waals surface area contributed by atoms with Gasteiger partial charge in [0.25, 0.3) is 0 Å². The smallest absolute Gasteiger partial charge is 0.143 e. The predicted molar refractivity (Wildman–Crippen MR) is 66.5 cm³/mol. The van der Waals surface area contributed by atoms with Gasteiger partial charge in [-0.05, 0) is 32.8 Å². The fourth-order valence-electron chi connectivity index (χ4n) is 2.34. The number of nitrogen functional groups attached to an aromatic ring is 1. The average molecular weight is 243 g/mol. The summed E-state index contributed by atoms with van der Waals surface area (Å²) in [7, 11) is 0. The molecule has 16 heavy (non-hydrogen) atoms. The van der Waals surface area contributed by atoms with Crippen molar-refractivity contribution in [3.8, 4) is 0 Å². The van der Waals surface area contributed by atoms with Gasteiger partial charge in [-0.25, -0.2) is 4.39 Å². The molecule has 0 radical (unpaired) electrons. The summed E-state index contributed by atoms with van der Waals surface area (Å²) in [6.07, 6.45) is 2.24. The maximum absolute atomic E-state index is 13.2. The van der Waals surface area contributed by atoms with Gasteiger partial charge in [0.2, 0.25) is 0 Å². The SMILES string of the molecule is CC1(C)CCCN1c1cc(Cl)c(F)cc1N. The van der Waals surface area contributed by atoms with Gasteiger partial charge in [-0.2, -0.15) is 0 Å². The lowest BCUT2D eigenvalue weighted by molar-refractivity contribution is 0.518. The average Bonchev–Trinajstić information content (AvgIpc) is 2.52. The molecule has 1 aromatic carbocycles. The number of hydrogen-bond acceptors (Lipinski definition) is 2. The second kappa shape index (κ2) is 3.81. The molecule has 88 valence electrons. The number of hydrogen-bond donors (Lipinski definition) is 1. The van der Waals surface area contributed by atoms with Crippen LogP contribution in [-0.2, 0) is 0 Å². The molecule has 0 spiro atoms. The van der Waals surface area contributed by atoms with Crippen molar-refractivity contribution >= 4 is 23.0 Å². The van der Waals surface area contributed by atoms with Crippen LogP contribution in [0.5, 0.6) is 0 Å². The van der Waals surface area contributed by atoms with Crippen molar-refractivity contribution in [2.45, 2.75) is 32.2 Å². The first-order chi connectivity index (χ1) is 7.42. The summed E-state index contributed by atoms with van der Waals surface area (Å²) in [6.45, 7) is 5.27. The van der Waals surface area contributed by atoms with E-state index in [2.05, 4.69) is 18.7 Å². The maximum atomic E-state index is 13.2. The molecule has 0 atom stereocenters. The molecule has 1 saturated heterocycles. The highest BCUT2D eigenvalue weighted by molar-refractivity contribution is 6.31. The fourth-order valence-corrected chi connectivity index (χ4v) is 2.50. The van der Waals surface area contributed by atoms with Crippen molar-refractivity contribution in [1.82, 2.24) is 0 Å². The highest BCUT2D eigenvalue weighted by atomic mass is 35.5. The quantitative estimate of drug-likeness (QED) is 0.765. The number of anilines is 2. The van der Waals surface area contributed by atoms with Crippen molar-refractivity contribution in [2.24, 2.45) is 0 Å². The van der Waals surface area contributed by atoms with E-state index in [1.165, 1.54) is 6.07 Å². The Morgan fingerprint density at radius 2 is 2.12 bits per heavy atom. The molecule has 0 amide bonds. The molecular weight excluding hydrogens is 227 g/mol. The van der Waals surface area contributed by atoms with Gasteiger partial charge in [0.1, 0.15) is 5.82 Å². The first-order valence-corrected chi connectivity index (χ1v) is 5.82. The van der Waals surface area contributed by atoms with Crippen LogP contribution in [0.4, 0.5) is 15.8 Å². The van der Waals surface area contributed by atoms with E-state index >= 15 is 0 Å². The van der Waals surface area contributed by atoms with Gasteiger partial charge >= 0.3 is 0 Å². The third-order valence-electron chi connectivity index (χ3n) is 3.26. The topological polar surface area (TPSA) is 29.3 Å². The second-order valence-electron chi connectivity index (χ2n) is 4.89. The van der Waals surface area contributed by atoms with Crippen LogP contribution in [0.1, 0.15) is 26.7 Å². The van der Waals surface area contributed by atoms with Gasteiger partial charge in [0, 0.05) is 18.2 Å². The third-order valence-corrected chi connectivity index (χ3v) is 3.55. The zero-order valence-corrected chi connectivity index (χ0v) is 10.3. The Bertz CT molecular complexity index is 418. The molecular formula is C12H16ClFN2. The molecule has 2 rings (SSSR count). The van der Waals surface area contributed by atoms with E-state index in [4.69, 9.17) is 17.3 Å². The highest BCUT2D eigenvalue weighted by Crippen LogP contribution is 2.38. The van der Waals surface area contributed by atoms with Crippen LogP contribution >= 0.6 is 11.6 Å². The Labute approximate surface area is 100 Å². The summed E-state index contributed by atoms with van der Waals surface area (Å²) in [4.78, 5) is 2.20. The fraction of sp³-hybridized carbons (Fsp3) is 0.500. The van der Waals surface area contributed by atoms with E-state index in [0.29, 0.717) is 5.69 Å². The Balaban J connectivity index is 2.44. The monoisotopic (exact) mass is 242 g/mol. The molecule has 2 N–H and O–H groups in total. The van der Waals surface area contributed by atoms with Crippen molar-refractivity contribution in [2.75, 3.05) is 17.2 Å². The number of halogens is 2. The number of nitrogens with zero attached hydrogens (tertiary/aromatic N) is 1. The van der Waals surface area contributed by atoms with E-state index < -0.39 is 5.82 Å². The molecule has 1 aliphatic rings. The largest absolute Gasteiger partial charge is 0.397 e. The molecule has 0 saturated carbocycles. The van der Waals surface area contributed by atoms with Gasteiger partial charge in [-0.1, -0.05) is 11.6 Å². The first kappa shape index (κ1) is 11.5. The zero-order chi connectivity index (χ0) is 11.9. The van der Waals surface area contributed by atoms with E-state index in [9.17, 15) is 4.39 Å². The van der Waals surface area contributed by atoms with Gasteiger partial charge in [0.05, 0.1) is 16.4 Å².